The maximum Gasteiger partial charge on any atom is 0.0576 e. The maximum atomic E-state index is 9.42. The van der Waals surface area contributed by atoms with E-state index in [1.807, 2.05) is 0 Å². The van der Waals surface area contributed by atoms with Gasteiger partial charge >= 0.3 is 0 Å². The highest BCUT2D eigenvalue weighted by atomic mass is 16.5. The van der Waals surface area contributed by atoms with E-state index < -0.39 is 0 Å². The molecule has 1 saturated heterocycles. The normalized spacial score (nSPS) is 34.1. The Morgan fingerprint density at radius 2 is 1.94 bits per heavy atom. The van der Waals surface area contributed by atoms with Gasteiger partial charge in [0.05, 0.1) is 12.2 Å². The lowest BCUT2D eigenvalue weighted by atomic mass is 9.87. The van der Waals surface area contributed by atoms with Gasteiger partial charge in [-0.05, 0) is 70.4 Å². The van der Waals surface area contributed by atoms with Crippen molar-refractivity contribution in [3.05, 3.63) is 0 Å². The second-order valence-electron chi connectivity index (χ2n) is 5.66. The molecule has 1 heterocycles. The van der Waals surface area contributed by atoms with E-state index >= 15 is 0 Å². The van der Waals surface area contributed by atoms with Crippen LogP contribution in [-0.2, 0) is 4.74 Å². The molecule has 2 fully saturated rings. The van der Waals surface area contributed by atoms with Crippen LogP contribution in [-0.4, -0.2) is 37.0 Å². The summed E-state index contributed by atoms with van der Waals surface area (Å²) in [5.74, 6) is 0.793. The standard InChI is InChI=1S/C14H27NO2/c16-13-7-5-12(6-8-13)11-15-9-1-3-14-4-2-10-17-14/h12-16H,1-11H2. The average Bonchev–Trinajstić information content (AvgIpc) is 2.84. The average molecular weight is 241 g/mol. The van der Waals surface area contributed by atoms with Crippen molar-refractivity contribution in [1.82, 2.24) is 5.32 Å². The highest BCUT2D eigenvalue weighted by Gasteiger charge is 2.19. The summed E-state index contributed by atoms with van der Waals surface area (Å²) in [6.45, 7) is 3.24. The van der Waals surface area contributed by atoms with Crippen LogP contribution in [0.3, 0.4) is 0 Å². The molecule has 0 aromatic heterocycles. The fourth-order valence-corrected chi connectivity index (χ4v) is 2.98. The van der Waals surface area contributed by atoms with E-state index in [2.05, 4.69) is 5.32 Å². The number of aliphatic hydroxyl groups is 1. The van der Waals surface area contributed by atoms with Crippen molar-refractivity contribution in [2.24, 2.45) is 5.92 Å². The minimum Gasteiger partial charge on any atom is -0.393 e. The molecule has 1 saturated carbocycles. The van der Waals surface area contributed by atoms with Crippen LogP contribution in [0.5, 0.6) is 0 Å². The Bertz CT molecular complexity index is 196. The van der Waals surface area contributed by atoms with Gasteiger partial charge in [0, 0.05) is 6.61 Å². The molecule has 1 atom stereocenters. The molecule has 0 amide bonds. The minimum atomic E-state index is -0.0224. The second-order valence-corrected chi connectivity index (χ2v) is 5.66. The summed E-state index contributed by atoms with van der Waals surface area (Å²) in [5.41, 5.74) is 0. The van der Waals surface area contributed by atoms with Crippen LogP contribution in [0.25, 0.3) is 0 Å². The molecule has 2 rings (SSSR count). The summed E-state index contributed by atoms with van der Waals surface area (Å²) in [4.78, 5) is 0. The molecule has 2 N–H and O–H groups in total. The molecule has 1 aliphatic heterocycles. The van der Waals surface area contributed by atoms with E-state index in [1.165, 1.54) is 38.5 Å². The predicted octanol–water partition coefficient (Wildman–Crippen LogP) is 2.09. The molecule has 0 spiro atoms. The van der Waals surface area contributed by atoms with Gasteiger partial charge in [0.1, 0.15) is 0 Å². The number of rotatable bonds is 6. The fourth-order valence-electron chi connectivity index (χ4n) is 2.98. The molecule has 3 nitrogen and oxygen atoms in total. The first-order valence-corrected chi connectivity index (χ1v) is 7.35. The summed E-state index contributed by atoms with van der Waals surface area (Å²) in [5, 5.41) is 13.0. The van der Waals surface area contributed by atoms with Gasteiger partial charge in [-0.1, -0.05) is 0 Å². The van der Waals surface area contributed by atoms with Crippen LogP contribution in [0.15, 0.2) is 0 Å². The van der Waals surface area contributed by atoms with Crippen LogP contribution in [0, 0.1) is 5.92 Å². The van der Waals surface area contributed by atoms with E-state index in [0.717, 1.165) is 38.5 Å². The third-order valence-electron chi connectivity index (χ3n) is 4.15. The van der Waals surface area contributed by atoms with Crippen molar-refractivity contribution >= 4 is 0 Å². The van der Waals surface area contributed by atoms with Gasteiger partial charge in [-0.15, -0.1) is 0 Å². The second kappa shape index (κ2) is 7.34. The van der Waals surface area contributed by atoms with Crippen LogP contribution < -0.4 is 5.32 Å². The van der Waals surface area contributed by atoms with Crippen molar-refractivity contribution in [3.63, 3.8) is 0 Å². The molecule has 0 aromatic rings. The van der Waals surface area contributed by atoms with Crippen molar-refractivity contribution in [2.45, 2.75) is 63.6 Å². The zero-order valence-corrected chi connectivity index (χ0v) is 10.9. The molecule has 0 bridgehead atoms. The molecular weight excluding hydrogens is 214 g/mol. The fraction of sp³-hybridized carbons (Fsp3) is 1.00. The van der Waals surface area contributed by atoms with E-state index in [1.54, 1.807) is 0 Å². The van der Waals surface area contributed by atoms with Gasteiger partial charge in [-0.3, -0.25) is 0 Å². The van der Waals surface area contributed by atoms with E-state index in [-0.39, 0.29) is 6.10 Å². The molecule has 1 unspecified atom stereocenters. The van der Waals surface area contributed by atoms with Gasteiger partial charge in [-0.25, -0.2) is 0 Å². The topological polar surface area (TPSA) is 41.5 Å². The van der Waals surface area contributed by atoms with Gasteiger partial charge in [0.15, 0.2) is 0 Å². The van der Waals surface area contributed by atoms with Gasteiger partial charge in [0.2, 0.25) is 0 Å². The maximum absolute atomic E-state index is 9.42. The number of nitrogens with one attached hydrogen (secondary N) is 1. The lowest BCUT2D eigenvalue weighted by Crippen LogP contribution is -2.28. The monoisotopic (exact) mass is 241 g/mol. The Morgan fingerprint density at radius 3 is 2.65 bits per heavy atom. The van der Waals surface area contributed by atoms with Gasteiger partial charge < -0.3 is 15.2 Å². The minimum absolute atomic E-state index is 0.0224. The zero-order chi connectivity index (χ0) is 11.9. The summed E-state index contributed by atoms with van der Waals surface area (Å²) in [7, 11) is 0. The SMILES string of the molecule is OC1CCC(CNCCCC2CCCO2)CC1. The lowest BCUT2D eigenvalue weighted by Gasteiger charge is -2.25. The Morgan fingerprint density at radius 1 is 1.12 bits per heavy atom. The summed E-state index contributed by atoms with van der Waals surface area (Å²) >= 11 is 0. The molecule has 17 heavy (non-hydrogen) atoms. The Labute approximate surface area is 105 Å². The largest absolute Gasteiger partial charge is 0.393 e. The lowest BCUT2D eigenvalue weighted by molar-refractivity contribution is 0.101. The zero-order valence-electron chi connectivity index (χ0n) is 10.9. The first-order chi connectivity index (χ1) is 8.34. The van der Waals surface area contributed by atoms with Crippen molar-refractivity contribution in [2.75, 3.05) is 19.7 Å². The summed E-state index contributed by atoms with van der Waals surface area (Å²) in [6.07, 6.45) is 9.89. The van der Waals surface area contributed by atoms with Crippen molar-refractivity contribution in [3.8, 4) is 0 Å². The Kier molecular flexibility index (Phi) is 5.75. The quantitative estimate of drug-likeness (QED) is 0.700. The molecule has 3 heteroatoms. The highest BCUT2D eigenvalue weighted by molar-refractivity contribution is 4.73. The third kappa shape index (κ3) is 4.94. The summed E-state index contributed by atoms with van der Waals surface area (Å²) in [6, 6.07) is 0. The van der Waals surface area contributed by atoms with Gasteiger partial charge in [-0.2, -0.15) is 0 Å². The highest BCUT2D eigenvalue weighted by Crippen LogP contribution is 2.23. The Balaban J connectivity index is 1.43. The number of hydrogen-bond donors (Lipinski definition) is 2. The number of aliphatic hydroxyl groups excluding tert-OH is 1. The number of hydrogen-bond acceptors (Lipinski definition) is 3. The molecule has 0 radical (unpaired) electrons. The van der Waals surface area contributed by atoms with Crippen LogP contribution in [0.1, 0.15) is 51.4 Å². The van der Waals surface area contributed by atoms with Crippen molar-refractivity contribution < 1.29 is 9.84 Å². The molecule has 0 aromatic carbocycles. The molecule has 2 aliphatic rings. The van der Waals surface area contributed by atoms with Gasteiger partial charge in [0.25, 0.3) is 0 Å². The third-order valence-corrected chi connectivity index (χ3v) is 4.15. The predicted molar refractivity (Wildman–Crippen MR) is 69.0 cm³/mol. The van der Waals surface area contributed by atoms with E-state index in [9.17, 15) is 5.11 Å². The van der Waals surface area contributed by atoms with Crippen molar-refractivity contribution in [1.29, 1.82) is 0 Å². The Hall–Kier alpha value is -0.120. The number of ether oxygens (including phenoxy) is 1. The molecule has 1 aliphatic carbocycles. The van der Waals surface area contributed by atoms with Crippen LogP contribution in [0.2, 0.25) is 0 Å². The molecule has 100 valence electrons. The van der Waals surface area contributed by atoms with Crippen LogP contribution >= 0.6 is 0 Å². The first kappa shape index (κ1) is 13.3. The first-order valence-electron chi connectivity index (χ1n) is 7.35. The smallest absolute Gasteiger partial charge is 0.0576 e. The summed E-state index contributed by atoms with van der Waals surface area (Å²) < 4.78 is 5.61. The van der Waals surface area contributed by atoms with E-state index in [0.29, 0.717) is 6.10 Å². The van der Waals surface area contributed by atoms with Crippen LogP contribution in [0.4, 0.5) is 0 Å². The molecular formula is C14H27NO2. The van der Waals surface area contributed by atoms with E-state index in [4.69, 9.17) is 4.74 Å².